The van der Waals surface area contributed by atoms with Crippen LogP contribution in [-0.4, -0.2) is 89.1 Å². The molecule has 0 aromatic heterocycles. The van der Waals surface area contributed by atoms with E-state index < -0.39 is 19.9 Å². The van der Waals surface area contributed by atoms with Crippen LogP contribution in [0.15, 0.2) is 18.2 Å². The van der Waals surface area contributed by atoms with Crippen molar-refractivity contribution in [3.63, 3.8) is 0 Å². The van der Waals surface area contributed by atoms with Gasteiger partial charge in [0.1, 0.15) is 0 Å². The van der Waals surface area contributed by atoms with Crippen LogP contribution >= 0.6 is 0 Å². The molecule has 28 heavy (non-hydrogen) atoms. The lowest BCUT2D eigenvalue weighted by Crippen LogP contribution is -2.52. The van der Waals surface area contributed by atoms with Crippen molar-refractivity contribution >= 4 is 31.5 Å². The molecule has 4 rings (SSSR count). The zero-order valence-electron chi connectivity index (χ0n) is 15.9. The van der Waals surface area contributed by atoms with Crippen LogP contribution in [0.3, 0.4) is 0 Å². The maximum absolute atomic E-state index is 12.9. The highest BCUT2D eigenvalue weighted by Gasteiger charge is 2.34. The standard InChI is InChI=1S/C18H25N3O5S2/c1-27(23,24)21-6-4-14-12-15(2-3-17(14)21)18(22)20-9-7-19(8-10-20)16-5-11-28(25,26)13-16/h2-3,12,16H,4-11,13H2,1H3. The number of piperazine rings is 1. The molecule has 1 atom stereocenters. The van der Waals surface area contributed by atoms with E-state index in [0.717, 1.165) is 5.56 Å². The summed E-state index contributed by atoms with van der Waals surface area (Å²) in [5, 5.41) is 0. The summed E-state index contributed by atoms with van der Waals surface area (Å²) in [6.07, 6.45) is 2.47. The number of rotatable bonds is 3. The zero-order valence-corrected chi connectivity index (χ0v) is 17.5. The van der Waals surface area contributed by atoms with E-state index in [1.165, 1.54) is 10.6 Å². The number of carbonyl (C=O) groups excluding carboxylic acids is 1. The molecule has 1 unspecified atom stereocenters. The first-order chi connectivity index (χ1) is 13.1. The third kappa shape index (κ3) is 3.77. The van der Waals surface area contributed by atoms with Gasteiger partial charge in [-0.25, -0.2) is 16.8 Å². The number of sulfone groups is 1. The molecule has 8 nitrogen and oxygen atoms in total. The number of hydrogen-bond donors (Lipinski definition) is 0. The van der Waals surface area contributed by atoms with E-state index in [4.69, 9.17) is 0 Å². The number of amides is 1. The third-order valence-electron chi connectivity index (χ3n) is 5.91. The number of fused-ring (bicyclic) bond motifs is 1. The van der Waals surface area contributed by atoms with Gasteiger partial charge in [-0.15, -0.1) is 0 Å². The second-order valence-electron chi connectivity index (χ2n) is 7.81. The highest BCUT2D eigenvalue weighted by molar-refractivity contribution is 7.92. The molecule has 0 spiro atoms. The van der Waals surface area contributed by atoms with E-state index in [9.17, 15) is 21.6 Å². The first kappa shape index (κ1) is 19.7. The molecule has 0 N–H and O–H groups in total. The molecule has 2 saturated heterocycles. The van der Waals surface area contributed by atoms with Gasteiger partial charge in [0.2, 0.25) is 10.0 Å². The van der Waals surface area contributed by atoms with Crippen molar-refractivity contribution in [3.05, 3.63) is 29.3 Å². The lowest BCUT2D eigenvalue weighted by molar-refractivity contribution is 0.0587. The number of benzene rings is 1. The van der Waals surface area contributed by atoms with Gasteiger partial charge in [0.05, 0.1) is 23.4 Å². The van der Waals surface area contributed by atoms with Crippen LogP contribution in [0, 0.1) is 0 Å². The molecular weight excluding hydrogens is 402 g/mol. The second kappa shape index (κ2) is 7.00. The van der Waals surface area contributed by atoms with Gasteiger partial charge in [-0.3, -0.25) is 14.0 Å². The molecule has 3 aliphatic heterocycles. The van der Waals surface area contributed by atoms with Crippen molar-refractivity contribution in [2.75, 3.05) is 54.8 Å². The quantitative estimate of drug-likeness (QED) is 0.672. The maximum Gasteiger partial charge on any atom is 0.253 e. The monoisotopic (exact) mass is 427 g/mol. The topological polar surface area (TPSA) is 95.1 Å². The van der Waals surface area contributed by atoms with Gasteiger partial charge in [0, 0.05) is 44.3 Å². The van der Waals surface area contributed by atoms with Crippen molar-refractivity contribution < 1.29 is 21.6 Å². The lowest BCUT2D eigenvalue weighted by atomic mass is 10.1. The summed E-state index contributed by atoms with van der Waals surface area (Å²) >= 11 is 0. The van der Waals surface area contributed by atoms with Gasteiger partial charge in [-0.1, -0.05) is 0 Å². The molecule has 3 aliphatic rings. The Bertz CT molecular complexity index is 998. The molecule has 0 saturated carbocycles. The number of carbonyl (C=O) groups is 1. The Labute approximate surface area is 166 Å². The van der Waals surface area contributed by atoms with Crippen molar-refractivity contribution in [2.45, 2.75) is 18.9 Å². The van der Waals surface area contributed by atoms with Crippen molar-refractivity contribution in [3.8, 4) is 0 Å². The molecule has 154 valence electrons. The fraction of sp³-hybridized carbons (Fsp3) is 0.611. The first-order valence-electron chi connectivity index (χ1n) is 9.48. The molecule has 0 bridgehead atoms. The molecule has 1 amide bonds. The minimum Gasteiger partial charge on any atom is -0.336 e. The predicted octanol–water partition coefficient (Wildman–Crippen LogP) is -0.0464. The summed E-state index contributed by atoms with van der Waals surface area (Å²) in [4.78, 5) is 16.9. The number of sulfonamides is 1. The number of nitrogens with zero attached hydrogens (tertiary/aromatic N) is 3. The van der Waals surface area contributed by atoms with E-state index in [1.807, 2.05) is 0 Å². The molecule has 3 heterocycles. The fourth-order valence-electron chi connectivity index (χ4n) is 4.39. The van der Waals surface area contributed by atoms with Crippen LogP contribution in [0.4, 0.5) is 5.69 Å². The Hall–Kier alpha value is -1.65. The lowest BCUT2D eigenvalue weighted by Gasteiger charge is -2.37. The minimum atomic E-state index is -3.30. The van der Waals surface area contributed by atoms with Crippen LogP contribution in [0.25, 0.3) is 0 Å². The van der Waals surface area contributed by atoms with E-state index in [2.05, 4.69) is 4.90 Å². The first-order valence-corrected chi connectivity index (χ1v) is 13.2. The number of anilines is 1. The Morgan fingerprint density at radius 3 is 2.43 bits per heavy atom. The van der Waals surface area contributed by atoms with Crippen LogP contribution < -0.4 is 4.31 Å². The average molecular weight is 428 g/mol. The average Bonchev–Trinajstić information content (AvgIpc) is 3.23. The predicted molar refractivity (Wildman–Crippen MR) is 107 cm³/mol. The molecular formula is C18H25N3O5S2. The summed E-state index contributed by atoms with van der Waals surface area (Å²) in [5.41, 5.74) is 2.11. The van der Waals surface area contributed by atoms with Gasteiger partial charge >= 0.3 is 0 Å². The van der Waals surface area contributed by atoms with Crippen molar-refractivity contribution in [1.29, 1.82) is 0 Å². The van der Waals surface area contributed by atoms with E-state index in [1.54, 1.807) is 23.1 Å². The van der Waals surface area contributed by atoms with Gasteiger partial charge in [-0.2, -0.15) is 0 Å². The Morgan fingerprint density at radius 1 is 1.11 bits per heavy atom. The molecule has 1 aromatic carbocycles. The van der Waals surface area contributed by atoms with Crippen molar-refractivity contribution in [2.24, 2.45) is 0 Å². The summed E-state index contributed by atoms with van der Waals surface area (Å²) in [7, 11) is -6.21. The van der Waals surface area contributed by atoms with Gasteiger partial charge in [-0.05, 0) is 36.6 Å². The minimum absolute atomic E-state index is 0.0562. The van der Waals surface area contributed by atoms with Crippen LogP contribution in [-0.2, 0) is 26.3 Å². The Kier molecular flexibility index (Phi) is 4.91. The largest absolute Gasteiger partial charge is 0.336 e. The van der Waals surface area contributed by atoms with Crippen LogP contribution in [0.5, 0.6) is 0 Å². The molecule has 0 aliphatic carbocycles. The van der Waals surface area contributed by atoms with Crippen LogP contribution in [0.2, 0.25) is 0 Å². The van der Waals surface area contributed by atoms with Crippen LogP contribution in [0.1, 0.15) is 22.3 Å². The smallest absolute Gasteiger partial charge is 0.253 e. The fourth-order valence-corrected chi connectivity index (χ4v) is 7.11. The summed E-state index contributed by atoms with van der Waals surface area (Å²) < 4.78 is 48.5. The molecule has 10 heteroatoms. The Morgan fingerprint density at radius 2 is 1.82 bits per heavy atom. The molecule has 2 fully saturated rings. The van der Waals surface area contributed by atoms with Gasteiger partial charge < -0.3 is 4.90 Å². The van der Waals surface area contributed by atoms with E-state index in [-0.39, 0.29) is 23.5 Å². The van der Waals surface area contributed by atoms with E-state index in [0.29, 0.717) is 56.8 Å². The molecule has 1 aromatic rings. The zero-order chi connectivity index (χ0) is 20.1. The normalized spacial score (nSPS) is 25.1. The maximum atomic E-state index is 12.9. The third-order valence-corrected chi connectivity index (χ3v) is 8.84. The summed E-state index contributed by atoms with van der Waals surface area (Å²) in [6.45, 7) is 2.91. The SMILES string of the molecule is CS(=O)(=O)N1CCc2cc(C(=O)N3CCN(C4CCS(=O)(=O)C4)CC3)ccc21. The highest BCUT2D eigenvalue weighted by atomic mass is 32.2. The second-order valence-corrected chi connectivity index (χ2v) is 11.9. The Balaban J connectivity index is 1.41. The summed E-state index contributed by atoms with van der Waals surface area (Å²) in [5.74, 6) is 0.429. The van der Waals surface area contributed by atoms with Gasteiger partial charge in [0.25, 0.3) is 5.91 Å². The van der Waals surface area contributed by atoms with Gasteiger partial charge in [0.15, 0.2) is 9.84 Å². The highest BCUT2D eigenvalue weighted by Crippen LogP contribution is 2.31. The summed E-state index contributed by atoms with van der Waals surface area (Å²) in [6, 6.07) is 5.29. The van der Waals surface area contributed by atoms with Crippen molar-refractivity contribution in [1.82, 2.24) is 9.80 Å². The number of hydrogen-bond acceptors (Lipinski definition) is 6. The van der Waals surface area contributed by atoms with E-state index >= 15 is 0 Å². The molecule has 0 radical (unpaired) electrons.